The zero-order valence-corrected chi connectivity index (χ0v) is 15.4. The molecule has 3 aromatic heterocycles. The Morgan fingerprint density at radius 3 is 2.83 bits per heavy atom. The van der Waals surface area contributed by atoms with E-state index >= 15 is 0 Å². The van der Waals surface area contributed by atoms with Crippen LogP contribution in [0.1, 0.15) is 11.8 Å². The lowest BCUT2D eigenvalue weighted by molar-refractivity contribution is 0.949. The molecular formula is C16H13BrN6S. The molecule has 0 fully saturated rings. The molecule has 1 aromatic carbocycles. The maximum atomic E-state index is 4.55. The lowest BCUT2D eigenvalue weighted by Crippen LogP contribution is -2.03. The van der Waals surface area contributed by atoms with Crippen LogP contribution in [0.4, 0.5) is 5.95 Å². The van der Waals surface area contributed by atoms with E-state index in [0.29, 0.717) is 5.95 Å². The maximum absolute atomic E-state index is 4.55. The number of halogens is 1. The Kier molecular flexibility index (Phi) is 3.78. The van der Waals surface area contributed by atoms with Crippen molar-refractivity contribution in [1.29, 1.82) is 0 Å². The summed E-state index contributed by atoms with van der Waals surface area (Å²) in [6.45, 7) is 1.94. The lowest BCUT2D eigenvalue weighted by atomic mass is 10.2. The van der Waals surface area contributed by atoms with Gasteiger partial charge in [0.1, 0.15) is 5.52 Å². The Hall–Kier alpha value is -2.32. The van der Waals surface area contributed by atoms with Crippen LogP contribution >= 0.6 is 27.3 Å². The van der Waals surface area contributed by atoms with Crippen molar-refractivity contribution in [1.82, 2.24) is 19.7 Å². The SMILES string of the molecule is C/C(=N/Nc1nnc2c3ccccc3n(C)c2n1)c1ccc(Br)s1. The van der Waals surface area contributed by atoms with Crippen molar-refractivity contribution in [3.8, 4) is 0 Å². The summed E-state index contributed by atoms with van der Waals surface area (Å²) in [6, 6.07) is 12.1. The number of fused-ring (bicyclic) bond motifs is 3. The highest BCUT2D eigenvalue weighted by Gasteiger charge is 2.12. The number of aromatic nitrogens is 4. The van der Waals surface area contributed by atoms with Gasteiger partial charge >= 0.3 is 0 Å². The van der Waals surface area contributed by atoms with Crippen molar-refractivity contribution in [2.45, 2.75) is 6.92 Å². The molecule has 0 aliphatic rings. The third-order valence-electron chi connectivity index (χ3n) is 3.76. The van der Waals surface area contributed by atoms with E-state index < -0.39 is 0 Å². The highest BCUT2D eigenvalue weighted by molar-refractivity contribution is 9.11. The zero-order chi connectivity index (χ0) is 16.7. The molecule has 0 aliphatic heterocycles. The van der Waals surface area contributed by atoms with Gasteiger partial charge in [-0.15, -0.1) is 21.5 Å². The molecule has 0 spiro atoms. The average Bonchev–Trinajstić information content (AvgIpc) is 3.16. The van der Waals surface area contributed by atoms with Gasteiger partial charge in [0.05, 0.1) is 19.9 Å². The molecule has 6 nitrogen and oxygen atoms in total. The summed E-state index contributed by atoms with van der Waals surface area (Å²) in [4.78, 5) is 5.62. The summed E-state index contributed by atoms with van der Waals surface area (Å²) in [6.07, 6.45) is 0. The molecule has 3 heterocycles. The first-order chi connectivity index (χ1) is 11.6. The molecule has 0 saturated carbocycles. The molecule has 120 valence electrons. The summed E-state index contributed by atoms with van der Waals surface area (Å²) in [5, 5.41) is 13.9. The molecule has 0 bridgehead atoms. The van der Waals surface area contributed by atoms with Crippen LogP contribution in [0, 0.1) is 0 Å². The minimum Gasteiger partial charge on any atom is -0.327 e. The van der Waals surface area contributed by atoms with E-state index in [2.05, 4.69) is 41.6 Å². The second-order valence-corrected chi connectivity index (χ2v) is 7.76. The number of benzene rings is 1. The number of hydrazone groups is 1. The Morgan fingerprint density at radius 1 is 1.21 bits per heavy atom. The number of hydrogen-bond donors (Lipinski definition) is 1. The number of aryl methyl sites for hydroxylation is 1. The average molecular weight is 401 g/mol. The Balaban J connectivity index is 1.70. The molecule has 0 radical (unpaired) electrons. The smallest absolute Gasteiger partial charge is 0.265 e. The van der Waals surface area contributed by atoms with Crippen LogP contribution < -0.4 is 5.43 Å². The predicted octanol–water partition coefficient (Wildman–Crippen LogP) is 4.18. The Labute approximate surface area is 150 Å². The second kappa shape index (κ2) is 5.95. The normalized spacial score (nSPS) is 12.2. The van der Waals surface area contributed by atoms with Gasteiger partial charge in [-0.3, -0.25) is 0 Å². The minimum absolute atomic E-state index is 0.378. The first kappa shape index (κ1) is 15.2. The number of anilines is 1. The Bertz CT molecular complexity index is 1080. The summed E-state index contributed by atoms with van der Waals surface area (Å²) < 4.78 is 3.08. The van der Waals surface area contributed by atoms with Crippen molar-refractivity contribution >= 4 is 61.0 Å². The van der Waals surface area contributed by atoms with Crippen molar-refractivity contribution in [3.05, 3.63) is 45.1 Å². The number of para-hydroxylation sites is 1. The van der Waals surface area contributed by atoms with E-state index in [0.717, 1.165) is 36.4 Å². The number of nitrogens with one attached hydrogen (secondary N) is 1. The summed E-state index contributed by atoms with van der Waals surface area (Å²) >= 11 is 5.08. The van der Waals surface area contributed by atoms with Crippen LogP contribution in [0.3, 0.4) is 0 Å². The van der Waals surface area contributed by atoms with Gasteiger partial charge in [-0.05, 0) is 41.1 Å². The topological polar surface area (TPSA) is 68.0 Å². The largest absolute Gasteiger partial charge is 0.327 e. The van der Waals surface area contributed by atoms with Gasteiger partial charge in [0, 0.05) is 12.4 Å². The van der Waals surface area contributed by atoms with E-state index in [1.807, 2.05) is 54.9 Å². The number of nitrogens with zero attached hydrogens (tertiary/aromatic N) is 5. The van der Waals surface area contributed by atoms with Crippen LogP contribution in [-0.4, -0.2) is 25.5 Å². The standard InChI is InChI=1S/C16H13BrN6S/c1-9(12-7-8-13(17)24-12)19-21-16-18-15-14(20-22-16)10-5-3-4-6-11(10)23(15)2/h3-8H,1-2H3,(H,18,21,22)/b19-9-. The van der Waals surface area contributed by atoms with Gasteiger partial charge in [0.25, 0.3) is 5.95 Å². The first-order valence-corrected chi connectivity index (χ1v) is 8.88. The van der Waals surface area contributed by atoms with Gasteiger partial charge in [-0.1, -0.05) is 18.2 Å². The molecule has 8 heteroatoms. The minimum atomic E-state index is 0.378. The fourth-order valence-corrected chi connectivity index (χ4v) is 3.88. The lowest BCUT2D eigenvalue weighted by Gasteiger charge is -2.01. The van der Waals surface area contributed by atoms with E-state index in [1.165, 1.54) is 0 Å². The summed E-state index contributed by atoms with van der Waals surface area (Å²) in [5.41, 5.74) is 6.41. The monoisotopic (exact) mass is 400 g/mol. The van der Waals surface area contributed by atoms with Gasteiger partial charge in [0.15, 0.2) is 5.65 Å². The highest BCUT2D eigenvalue weighted by Crippen LogP contribution is 2.25. The predicted molar refractivity (Wildman–Crippen MR) is 102 cm³/mol. The van der Waals surface area contributed by atoms with Crippen LogP contribution in [0.5, 0.6) is 0 Å². The molecule has 0 atom stereocenters. The van der Waals surface area contributed by atoms with Crippen LogP contribution in [0.2, 0.25) is 0 Å². The first-order valence-electron chi connectivity index (χ1n) is 7.27. The van der Waals surface area contributed by atoms with Crippen molar-refractivity contribution < 1.29 is 0 Å². The molecule has 1 N–H and O–H groups in total. The van der Waals surface area contributed by atoms with E-state index in [9.17, 15) is 0 Å². The van der Waals surface area contributed by atoms with Gasteiger partial charge in [0.2, 0.25) is 0 Å². The van der Waals surface area contributed by atoms with Crippen LogP contribution in [-0.2, 0) is 7.05 Å². The molecule has 0 aliphatic carbocycles. The van der Waals surface area contributed by atoms with Crippen molar-refractivity contribution in [2.24, 2.45) is 12.1 Å². The molecular weight excluding hydrogens is 388 g/mol. The van der Waals surface area contributed by atoms with Gasteiger partial charge in [-0.25, -0.2) is 5.43 Å². The molecule has 0 amide bonds. The molecule has 4 rings (SSSR count). The van der Waals surface area contributed by atoms with E-state index in [1.54, 1.807) is 11.3 Å². The van der Waals surface area contributed by atoms with Crippen LogP contribution in [0.25, 0.3) is 22.1 Å². The third-order valence-corrected chi connectivity index (χ3v) is 5.49. The maximum Gasteiger partial charge on any atom is 0.265 e. The number of hydrogen-bond acceptors (Lipinski definition) is 6. The summed E-state index contributed by atoms with van der Waals surface area (Å²) in [5.74, 6) is 0.378. The number of rotatable bonds is 3. The molecule has 4 aromatic rings. The highest BCUT2D eigenvalue weighted by atomic mass is 79.9. The zero-order valence-electron chi connectivity index (χ0n) is 13.0. The third kappa shape index (κ3) is 2.57. The molecule has 0 unspecified atom stereocenters. The quantitative estimate of drug-likeness (QED) is 0.413. The fourth-order valence-electron chi connectivity index (χ4n) is 2.55. The molecule has 24 heavy (non-hydrogen) atoms. The fraction of sp³-hybridized carbons (Fsp3) is 0.125. The van der Waals surface area contributed by atoms with Gasteiger partial charge in [-0.2, -0.15) is 10.1 Å². The van der Waals surface area contributed by atoms with Gasteiger partial charge < -0.3 is 4.57 Å². The second-order valence-electron chi connectivity index (χ2n) is 5.30. The Morgan fingerprint density at radius 2 is 2.04 bits per heavy atom. The number of thiophene rings is 1. The van der Waals surface area contributed by atoms with E-state index in [-0.39, 0.29) is 0 Å². The van der Waals surface area contributed by atoms with Crippen molar-refractivity contribution in [3.63, 3.8) is 0 Å². The molecule has 0 saturated heterocycles. The van der Waals surface area contributed by atoms with Crippen LogP contribution in [0.15, 0.2) is 45.3 Å². The van der Waals surface area contributed by atoms with E-state index in [4.69, 9.17) is 0 Å². The summed E-state index contributed by atoms with van der Waals surface area (Å²) in [7, 11) is 1.97. The van der Waals surface area contributed by atoms with Crippen molar-refractivity contribution in [2.75, 3.05) is 5.43 Å².